The normalized spacial score (nSPS) is 10.9. The first-order valence-corrected chi connectivity index (χ1v) is 12.2. The molecule has 1 heterocycles. The summed E-state index contributed by atoms with van der Waals surface area (Å²) in [6, 6.07) is 22.1. The van der Waals surface area contributed by atoms with E-state index < -0.39 is 0 Å². The molecule has 4 rings (SSSR count). The van der Waals surface area contributed by atoms with E-state index in [9.17, 15) is 4.79 Å². The maximum absolute atomic E-state index is 12.7. The first-order valence-electron chi connectivity index (χ1n) is 12.2. The number of nitrogens with zero attached hydrogens (tertiary/aromatic N) is 2. The number of aromatic nitrogens is 2. The Balaban J connectivity index is 1.31. The minimum absolute atomic E-state index is 0.168. The molecule has 1 N–H and O–H groups in total. The summed E-state index contributed by atoms with van der Waals surface area (Å²) < 4.78 is 18.3. The van der Waals surface area contributed by atoms with Crippen LogP contribution in [0.5, 0.6) is 17.2 Å². The molecule has 0 fully saturated rings. The molecule has 3 aromatic carbocycles. The van der Waals surface area contributed by atoms with Crippen LogP contribution < -0.4 is 19.5 Å². The topological polar surface area (TPSA) is 74.6 Å². The highest BCUT2D eigenvalue weighted by Gasteiger charge is 2.17. The van der Waals surface area contributed by atoms with Gasteiger partial charge in [0.2, 0.25) is 5.75 Å². The first-order chi connectivity index (χ1) is 17.6. The van der Waals surface area contributed by atoms with Gasteiger partial charge < -0.3 is 24.1 Å². The van der Waals surface area contributed by atoms with Crippen molar-refractivity contribution in [3.63, 3.8) is 0 Å². The summed E-state index contributed by atoms with van der Waals surface area (Å²) >= 11 is 0. The minimum atomic E-state index is -0.168. The maximum atomic E-state index is 12.7. The number of carbonyl (C=O) groups excluding carboxylic acids is 1. The Morgan fingerprint density at radius 2 is 1.56 bits per heavy atom. The van der Waals surface area contributed by atoms with Gasteiger partial charge in [-0.15, -0.1) is 0 Å². The predicted octanol–water partition coefficient (Wildman–Crippen LogP) is 5.25. The van der Waals surface area contributed by atoms with Gasteiger partial charge in [-0.1, -0.05) is 48.9 Å². The zero-order valence-electron chi connectivity index (χ0n) is 21.1. The molecule has 0 saturated carbocycles. The number of imidazole rings is 1. The van der Waals surface area contributed by atoms with Crippen LogP contribution in [-0.2, 0) is 13.0 Å². The van der Waals surface area contributed by atoms with Gasteiger partial charge in [0.25, 0.3) is 5.91 Å². The zero-order chi connectivity index (χ0) is 25.3. The lowest BCUT2D eigenvalue weighted by Gasteiger charge is -2.14. The molecule has 4 aromatic rings. The summed E-state index contributed by atoms with van der Waals surface area (Å²) in [5.41, 5.74) is 3.92. The van der Waals surface area contributed by atoms with E-state index in [0.717, 1.165) is 49.1 Å². The molecular weight excluding hydrogens is 454 g/mol. The molecule has 0 aliphatic heterocycles. The second-order valence-corrected chi connectivity index (χ2v) is 8.57. The quantitative estimate of drug-likeness (QED) is 0.276. The molecule has 7 nitrogen and oxygen atoms in total. The van der Waals surface area contributed by atoms with Crippen LogP contribution in [0.3, 0.4) is 0 Å². The van der Waals surface area contributed by atoms with Crippen molar-refractivity contribution >= 4 is 16.9 Å². The summed E-state index contributed by atoms with van der Waals surface area (Å²) in [7, 11) is 4.61. The number of hydrogen-bond donors (Lipinski definition) is 1. The number of benzene rings is 3. The maximum Gasteiger partial charge on any atom is 0.251 e. The molecule has 0 spiro atoms. The molecule has 0 aliphatic rings. The van der Waals surface area contributed by atoms with E-state index >= 15 is 0 Å². The molecule has 0 radical (unpaired) electrons. The second-order valence-electron chi connectivity index (χ2n) is 8.57. The Morgan fingerprint density at radius 3 is 2.25 bits per heavy atom. The molecule has 0 atom stereocenters. The van der Waals surface area contributed by atoms with Crippen molar-refractivity contribution in [3.8, 4) is 17.2 Å². The average Bonchev–Trinajstić information content (AvgIpc) is 3.27. The molecular formula is C29H33N3O4. The molecule has 7 heteroatoms. The van der Waals surface area contributed by atoms with Crippen LogP contribution in [0.1, 0.15) is 41.0 Å². The summed E-state index contributed by atoms with van der Waals surface area (Å²) in [6.07, 6.45) is 3.76. The number of unbranched alkanes of at least 4 members (excludes halogenated alkanes) is 2. The van der Waals surface area contributed by atoms with E-state index in [-0.39, 0.29) is 5.91 Å². The largest absolute Gasteiger partial charge is 0.493 e. The molecule has 1 aromatic heterocycles. The third kappa shape index (κ3) is 5.79. The summed E-state index contributed by atoms with van der Waals surface area (Å²) in [6.45, 7) is 1.40. The van der Waals surface area contributed by atoms with E-state index in [4.69, 9.17) is 19.2 Å². The van der Waals surface area contributed by atoms with Crippen molar-refractivity contribution in [2.24, 2.45) is 0 Å². The van der Waals surface area contributed by atoms with Crippen LogP contribution in [0, 0.1) is 0 Å². The number of nitrogens with one attached hydrogen (secondary N) is 1. The highest BCUT2D eigenvalue weighted by atomic mass is 16.5. The van der Waals surface area contributed by atoms with E-state index in [2.05, 4.69) is 52.3 Å². The Hall–Kier alpha value is -4.00. The van der Waals surface area contributed by atoms with E-state index in [1.807, 2.05) is 12.1 Å². The molecule has 0 unspecified atom stereocenters. The number of amides is 1. The number of methoxy groups -OCH3 is 3. The van der Waals surface area contributed by atoms with Crippen molar-refractivity contribution in [2.75, 3.05) is 27.9 Å². The van der Waals surface area contributed by atoms with Gasteiger partial charge in [0, 0.05) is 25.1 Å². The van der Waals surface area contributed by atoms with Gasteiger partial charge in [-0.2, -0.15) is 0 Å². The van der Waals surface area contributed by atoms with E-state index in [1.165, 1.54) is 26.9 Å². The van der Waals surface area contributed by atoms with Crippen LogP contribution in [0.25, 0.3) is 11.0 Å². The van der Waals surface area contributed by atoms with Gasteiger partial charge in [-0.3, -0.25) is 4.79 Å². The second kappa shape index (κ2) is 12.1. The van der Waals surface area contributed by atoms with Crippen LogP contribution in [0.4, 0.5) is 0 Å². The van der Waals surface area contributed by atoms with E-state index in [0.29, 0.717) is 29.4 Å². The Kier molecular flexibility index (Phi) is 8.44. The Bertz CT molecular complexity index is 1280. The molecule has 188 valence electrons. The lowest BCUT2D eigenvalue weighted by molar-refractivity contribution is 0.0952. The van der Waals surface area contributed by atoms with Gasteiger partial charge in [0.05, 0.1) is 32.4 Å². The smallest absolute Gasteiger partial charge is 0.251 e. The minimum Gasteiger partial charge on any atom is -0.493 e. The molecule has 1 amide bonds. The Labute approximate surface area is 212 Å². The van der Waals surface area contributed by atoms with Gasteiger partial charge >= 0.3 is 0 Å². The van der Waals surface area contributed by atoms with Crippen molar-refractivity contribution in [1.29, 1.82) is 0 Å². The summed E-state index contributed by atoms with van der Waals surface area (Å²) in [4.78, 5) is 17.6. The summed E-state index contributed by atoms with van der Waals surface area (Å²) in [5, 5.41) is 2.99. The fourth-order valence-electron chi connectivity index (χ4n) is 4.36. The Morgan fingerprint density at radius 1 is 0.861 bits per heavy atom. The lowest BCUT2D eigenvalue weighted by atomic mass is 10.1. The number of ether oxygens (including phenoxy) is 3. The van der Waals surface area contributed by atoms with Crippen molar-refractivity contribution in [3.05, 3.63) is 83.7 Å². The standard InChI is InChI=1S/C29H33N3O4/c1-34-25-18-22(19-26(35-2)28(25)36-3)29(33)30-17-11-5-8-16-27-31-23-14-9-10-15-24(23)32(27)20-21-12-6-4-7-13-21/h4,6-7,9-10,12-15,18-19H,5,8,11,16-17,20H2,1-3H3,(H,30,33). The zero-order valence-corrected chi connectivity index (χ0v) is 21.1. The number of para-hydroxylation sites is 2. The van der Waals surface area contributed by atoms with Crippen LogP contribution in [-0.4, -0.2) is 43.3 Å². The molecule has 0 saturated heterocycles. The number of aryl methyl sites for hydroxylation is 1. The third-order valence-corrected chi connectivity index (χ3v) is 6.21. The number of rotatable bonds is 12. The summed E-state index contributed by atoms with van der Waals surface area (Å²) in [5.74, 6) is 2.32. The SMILES string of the molecule is COc1cc(C(=O)NCCCCCc2nc3ccccc3n2Cc2ccccc2)cc(OC)c1OC. The van der Waals surface area contributed by atoms with Crippen LogP contribution >= 0.6 is 0 Å². The van der Waals surface area contributed by atoms with Gasteiger partial charge in [-0.05, 0) is 42.7 Å². The van der Waals surface area contributed by atoms with E-state index in [1.54, 1.807) is 12.1 Å². The molecule has 36 heavy (non-hydrogen) atoms. The lowest BCUT2D eigenvalue weighted by Crippen LogP contribution is -2.24. The average molecular weight is 488 g/mol. The van der Waals surface area contributed by atoms with Gasteiger partial charge in [-0.25, -0.2) is 4.98 Å². The molecule has 0 bridgehead atoms. The fraction of sp³-hybridized carbons (Fsp3) is 0.310. The van der Waals surface area contributed by atoms with Gasteiger partial charge in [0.1, 0.15) is 5.82 Å². The van der Waals surface area contributed by atoms with Crippen molar-refractivity contribution < 1.29 is 19.0 Å². The highest BCUT2D eigenvalue weighted by molar-refractivity contribution is 5.95. The highest BCUT2D eigenvalue weighted by Crippen LogP contribution is 2.38. The van der Waals surface area contributed by atoms with Crippen LogP contribution in [0.15, 0.2) is 66.7 Å². The molecule has 0 aliphatic carbocycles. The monoisotopic (exact) mass is 487 g/mol. The first kappa shape index (κ1) is 25.1. The number of hydrogen-bond acceptors (Lipinski definition) is 5. The van der Waals surface area contributed by atoms with Gasteiger partial charge in [0.15, 0.2) is 11.5 Å². The third-order valence-electron chi connectivity index (χ3n) is 6.21. The van der Waals surface area contributed by atoms with Crippen molar-refractivity contribution in [1.82, 2.24) is 14.9 Å². The van der Waals surface area contributed by atoms with Crippen molar-refractivity contribution in [2.45, 2.75) is 32.2 Å². The fourth-order valence-corrected chi connectivity index (χ4v) is 4.36. The van der Waals surface area contributed by atoms with Crippen LogP contribution in [0.2, 0.25) is 0 Å². The predicted molar refractivity (Wildman–Crippen MR) is 141 cm³/mol. The number of carbonyl (C=O) groups is 1. The number of fused-ring (bicyclic) bond motifs is 1.